The predicted molar refractivity (Wildman–Crippen MR) is 29.0 cm³/mol. The predicted octanol–water partition coefficient (Wildman–Crippen LogP) is -0.181. The topological polar surface area (TPSA) is 41.5 Å². The molecule has 0 aromatic heterocycles. The number of carbonyl (C=O) groups excluding carboxylic acids is 1. The highest BCUT2D eigenvalue weighted by Crippen LogP contribution is 1.98. The lowest BCUT2D eigenvalue weighted by Crippen LogP contribution is -2.26. The van der Waals surface area contributed by atoms with Gasteiger partial charge in [0.05, 0.1) is 6.42 Å². The summed E-state index contributed by atoms with van der Waals surface area (Å²) < 4.78 is 0. The molecule has 1 aliphatic rings. The summed E-state index contributed by atoms with van der Waals surface area (Å²) in [5.74, 6) is -0.177. The van der Waals surface area contributed by atoms with E-state index in [0.29, 0.717) is 0 Å². The average molecular weight is 110 g/mol. The van der Waals surface area contributed by atoms with Crippen molar-refractivity contribution in [1.82, 2.24) is 5.43 Å². The lowest BCUT2D eigenvalue weighted by Gasteiger charge is -2.07. The summed E-state index contributed by atoms with van der Waals surface area (Å²) in [6, 6.07) is 0. The number of amides is 1. The highest BCUT2D eigenvalue weighted by Gasteiger charge is 2.10. The smallest absolute Gasteiger partial charge is 0.249 e. The monoisotopic (exact) mass is 110 g/mol. The van der Waals surface area contributed by atoms with Gasteiger partial charge in [0, 0.05) is 12.1 Å². The zero-order valence-corrected chi connectivity index (χ0v) is 4.51. The maximum Gasteiger partial charge on any atom is 0.249 e. The Morgan fingerprint density at radius 2 is 2.75 bits per heavy atom. The number of rotatable bonds is 0. The summed E-state index contributed by atoms with van der Waals surface area (Å²) in [5.41, 5.74) is 2.23. The fraction of sp³-hybridized carbons (Fsp3) is 0.400. The van der Waals surface area contributed by atoms with E-state index in [4.69, 9.17) is 0 Å². The third-order valence-electron chi connectivity index (χ3n) is 0.823. The molecule has 2 radical (unpaired) electrons. The quantitative estimate of drug-likeness (QED) is 0.461. The Labute approximate surface area is 47.8 Å². The molecule has 1 heterocycles. The lowest BCUT2D eigenvalue weighted by atomic mass is 10.1. The third kappa shape index (κ3) is 1.05. The molecule has 1 N–H and O–H groups in total. The highest BCUT2D eigenvalue weighted by molar-refractivity contribution is 5.91. The summed E-state index contributed by atoms with van der Waals surface area (Å²) in [5, 5.41) is 3.55. The maximum atomic E-state index is 10.3. The van der Waals surface area contributed by atoms with E-state index in [0.717, 1.165) is 0 Å². The number of nitrogens with zero attached hydrogens (tertiary/aromatic N) is 1. The van der Waals surface area contributed by atoms with Gasteiger partial charge in [-0.15, -0.1) is 0 Å². The van der Waals surface area contributed by atoms with Gasteiger partial charge in [0.15, 0.2) is 0 Å². The summed E-state index contributed by atoms with van der Waals surface area (Å²) in [6.07, 6.45) is 4.21. The molecule has 0 saturated carbocycles. The van der Waals surface area contributed by atoms with Crippen LogP contribution < -0.4 is 5.43 Å². The van der Waals surface area contributed by atoms with Crippen LogP contribution in [0.2, 0.25) is 0 Å². The Balaban J connectivity index is 2.54. The summed E-state index contributed by atoms with van der Waals surface area (Å²) in [4.78, 5) is 10.3. The maximum absolute atomic E-state index is 10.3. The molecule has 0 aromatic rings. The zero-order valence-electron chi connectivity index (χ0n) is 4.51. The molecule has 0 aromatic carbocycles. The molecule has 0 fully saturated rings. The van der Waals surface area contributed by atoms with Crippen molar-refractivity contribution < 1.29 is 4.79 Å². The van der Waals surface area contributed by atoms with Crippen LogP contribution in [-0.2, 0) is 4.79 Å². The first kappa shape index (κ1) is 5.28. The zero-order chi connectivity index (χ0) is 5.98. The Morgan fingerprint density at radius 3 is 3.12 bits per heavy atom. The van der Waals surface area contributed by atoms with Crippen molar-refractivity contribution in [1.29, 1.82) is 0 Å². The van der Waals surface area contributed by atoms with E-state index in [1.807, 2.05) is 6.92 Å². The van der Waals surface area contributed by atoms with Crippen molar-refractivity contribution in [3.8, 4) is 0 Å². The molecule has 0 aliphatic carbocycles. The van der Waals surface area contributed by atoms with Crippen molar-refractivity contribution in [3.63, 3.8) is 0 Å². The molecule has 1 atom stereocenters. The van der Waals surface area contributed by atoms with Crippen LogP contribution in [0.25, 0.3) is 0 Å². The van der Waals surface area contributed by atoms with Crippen LogP contribution in [0.1, 0.15) is 6.92 Å². The molecule has 8 heavy (non-hydrogen) atoms. The lowest BCUT2D eigenvalue weighted by molar-refractivity contribution is -0.118. The van der Waals surface area contributed by atoms with E-state index in [-0.39, 0.29) is 11.8 Å². The standard InChI is InChI=1S/C5H6N2O/c1-4-2-5(8)7-6-3-4/h3-4H,1H3,(H,7,8). The number of hydrogen-bond acceptors (Lipinski definition) is 2. The number of nitrogens with one attached hydrogen (secondary N) is 1. The second-order valence-electron chi connectivity index (χ2n) is 1.65. The molecule has 1 unspecified atom stereocenters. The van der Waals surface area contributed by atoms with E-state index in [9.17, 15) is 4.79 Å². The molecular weight excluding hydrogens is 104 g/mol. The molecule has 1 aliphatic heterocycles. The molecule has 0 bridgehead atoms. The number of hydrogen-bond donors (Lipinski definition) is 1. The van der Waals surface area contributed by atoms with Gasteiger partial charge in [-0.3, -0.25) is 4.79 Å². The first-order chi connectivity index (χ1) is 3.79. The van der Waals surface area contributed by atoms with Gasteiger partial charge in [0.25, 0.3) is 0 Å². The fourth-order valence-electron chi connectivity index (χ4n) is 0.484. The van der Waals surface area contributed by atoms with Crippen molar-refractivity contribution in [3.05, 3.63) is 6.42 Å². The van der Waals surface area contributed by atoms with Crippen LogP contribution in [-0.4, -0.2) is 12.1 Å². The molecule has 3 nitrogen and oxygen atoms in total. The van der Waals surface area contributed by atoms with Crippen LogP contribution >= 0.6 is 0 Å². The van der Waals surface area contributed by atoms with Crippen LogP contribution in [0, 0.1) is 12.3 Å². The molecule has 0 spiro atoms. The van der Waals surface area contributed by atoms with Gasteiger partial charge in [-0.1, -0.05) is 6.92 Å². The van der Waals surface area contributed by atoms with Gasteiger partial charge < -0.3 is 0 Å². The van der Waals surface area contributed by atoms with E-state index in [1.54, 1.807) is 6.21 Å². The second-order valence-corrected chi connectivity index (χ2v) is 1.65. The molecule has 1 rings (SSSR count). The van der Waals surface area contributed by atoms with E-state index in [2.05, 4.69) is 16.9 Å². The van der Waals surface area contributed by atoms with Gasteiger partial charge in [0.2, 0.25) is 5.91 Å². The van der Waals surface area contributed by atoms with Crippen molar-refractivity contribution in [2.75, 3.05) is 0 Å². The van der Waals surface area contributed by atoms with Crippen molar-refractivity contribution >= 4 is 12.1 Å². The summed E-state index contributed by atoms with van der Waals surface area (Å²) in [6.45, 7) is 1.85. The molecule has 0 saturated heterocycles. The largest absolute Gasteiger partial charge is 0.272 e. The van der Waals surface area contributed by atoms with Crippen LogP contribution in [0.15, 0.2) is 5.10 Å². The van der Waals surface area contributed by atoms with Gasteiger partial charge in [-0.2, -0.15) is 5.10 Å². The summed E-state index contributed by atoms with van der Waals surface area (Å²) >= 11 is 0. The van der Waals surface area contributed by atoms with E-state index in [1.165, 1.54) is 0 Å². The third-order valence-corrected chi connectivity index (χ3v) is 0.823. The van der Waals surface area contributed by atoms with Crippen LogP contribution in [0.3, 0.4) is 0 Å². The van der Waals surface area contributed by atoms with Gasteiger partial charge in [-0.25, -0.2) is 5.43 Å². The second kappa shape index (κ2) is 1.94. The molecule has 1 amide bonds. The van der Waals surface area contributed by atoms with Crippen molar-refractivity contribution in [2.24, 2.45) is 11.0 Å². The van der Waals surface area contributed by atoms with Gasteiger partial charge >= 0.3 is 0 Å². The van der Waals surface area contributed by atoms with Gasteiger partial charge in [0.1, 0.15) is 0 Å². The number of carbonyl (C=O) groups is 1. The minimum atomic E-state index is -0.236. The van der Waals surface area contributed by atoms with E-state index >= 15 is 0 Å². The Bertz CT molecular complexity index is 130. The molecular formula is C5H6N2O. The average Bonchev–Trinajstić information content (AvgIpc) is 1.64. The SMILES string of the molecule is CC1[C]C(=O)NN=C1. The van der Waals surface area contributed by atoms with Crippen LogP contribution in [0.5, 0.6) is 0 Å². The van der Waals surface area contributed by atoms with Crippen molar-refractivity contribution in [2.45, 2.75) is 6.92 Å². The van der Waals surface area contributed by atoms with Gasteiger partial charge in [-0.05, 0) is 0 Å². The minimum Gasteiger partial charge on any atom is -0.272 e. The summed E-state index contributed by atoms with van der Waals surface area (Å²) in [7, 11) is 0. The minimum absolute atomic E-state index is 0.0590. The van der Waals surface area contributed by atoms with Crippen LogP contribution in [0.4, 0.5) is 0 Å². The normalized spacial score (nSPS) is 27.6. The van der Waals surface area contributed by atoms with E-state index < -0.39 is 0 Å². The first-order valence-electron chi connectivity index (χ1n) is 2.39. The first-order valence-corrected chi connectivity index (χ1v) is 2.39. The Morgan fingerprint density at radius 1 is 2.00 bits per heavy atom. The Kier molecular flexibility index (Phi) is 1.28. The highest BCUT2D eigenvalue weighted by atomic mass is 16.2. The Hall–Kier alpha value is -0.860. The molecule has 3 heteroatoms. The number of hydrazone groups is 1. The fourth-order valence-corrected chi connectivity index (χ4v) is 0.484. The molecule has 42 valence electrons.